The molecule has 9 heavy (non-hydrogen) atoms. The van der Waals surface area contributed by atoms with Crippen LogP contribution in [0.4, 0.5) is 0 Å². The standard InChI is InChI=1S/C5H6Cl2N2/c6-4-1-3(8)2-5(7)9-4/h1,3H,2,8H2. The van der Waals surface area contributed by atoms with Gasteiger partial charge in [-0.05, 0) is 6.08 Å². The molecular formula is C5H6Cl2N2. The van der Waals surface area contributed by atoms with Gasteiger partial charge in [0.15, 0.2) is 0 Å². The molecule has 1 aliphatic heterocycles. The van der Waals surface area contributed by atoms with Crippen molar-refractivity contribution in [3.05, 3.63) is 11.2 Å². The molecule has 1 rings (SSSR count). The second kappa shape index (κ2) is 2.69. The largest absolute Gasteiger partial charge is 0.324 e. The van der Waals surface area contributed by atoms with Gasteiger partial charge < -0.3 is 5.73 Å². The summed E-state index contributed by atoms with van der Waals surface area (Å²) in [6, 6.07) is -0.0671. The number of hydrogen-bond donors (Lipinski definition) is 1. The van der Waals surface area contributed by atoms with Crippen LogP contribution in [-0.2, 0) is 0 Å². The van der Waals surface area contributed by atoms with Crippen LogP contribution in [0.25, 0.3) is 0 Å². The first-order valence-electron chi connectivity index (χ1n) is 2.54. The van der Waals surface area contributed by atoms with Crippen LogP contribution in [0.3, 0.4) is 0 Å². The fraction of sp³-hybridized carbons (Fsp3) is 0.400. The van der Waals surface area contributed by atoms with Crippen molar-refractivity contribution in [1.82, 2.24) is 0 Å². The van der Waals surface area contributed by atoms with Crippen molar-refractivity contribution in [2.45, 2.75) is 12.5 Å². The fourth-order valence-electron chi connectivity index (χ4n) is 0.629. The van der Waals surface area contributed by atoms with Crippen molar-refractivity contribution in [3.63, 3.8) is 0 Å². The van der Waals surface area contributed by atoms with Crippen LogP contribution in [0.2, 0.25) is 0 Å². The van der Waals surface area contributed by atoms with Gasteiger partial charge in [0.05, 0.1) is 0 Å². The number of nitrogens with two attached hydrogens (primary N) is 1. The summed E-state index contributed by atoms with van der Waals surface area (Å²) in [7, 11) is 0. The minimum Gasteiger partial charge on any atom is -0.324 e. The average molecular weight is 165 g/mol. The third kappa shape index (κ3) is 1.97. The predicted molar refractivity (Wildman–Crippen MR) is 39.8 cm³/mol. The van der Waals surface area contributed by atoms with Gasteiger partial charge in [0.25, 0.3) is 0 Å². The number of aliphatic imine (C=N–C) groups is 1. The Morgan fingerprint density at radius 2 is 2.33 bits per heavy atom. The quantitative estimate of drug-likeness (QED) is 0.541. The highest BCUT2D eigenvalue weighted by Gasteiger charge is 2.09. The maximum Gasteiger partial charge on any atom is 0.128 e. The first-order valence-corrected chi connectivity index (χ1v) is 3.30. The van der Waals surface area contributed by atoms with E-state index in [0.29, 0.717) is 16.7 Å². The molecule has 0 spiro atoms. The molecule has 0 bridgehead atoms. The molecule has 0 aromatic rings. The summed E-state index contributed by atoms with van der Waals surface area (Å²) in [5.41, 5.74) is 5.49. The van der Waals surface area contributed by atoms with Gasteiger partial charge in [0, 0.05) is 12.5 Å². The van der Waals surface area contributed by atoms with Crippen LogP contribution < -0.4 is 5.73 Å². The van der Waals surface area contributed by atoms with Gasteiger partial charge in [-0.2, -0.15) is 0 Å². The van der Waals surface area contributed by atoms with E-state index in [9.17, 15) is 0 Å². The first kappa shape index (κ1) is 7.06. The van der Waals surface area contributed by atoms with Crippen LogP contribution in [0, 0.1) is 0 Å². The van der Waals surface area contributed by atoms with Crippen LogP contribution in [0.1, 0.15) is 6.42 Å². The molecule has 1 atom stereocenters. The Kier molecular flexibility index (Phi) is 2.11. The molecule has 0 amide bonds. The van der Waals surface area contributed by atoms with Gasteiger partial charge in [0.1, 0.15) is 10.3 Å². The second-order valence-electron chi connectivity index (χ2n) is 1.85. The van der Waals surface area contributed by atoms with E-state index in [0.717, 1.165) is 0 Å². The molecule has 1 aliphatic rings. The molecule has 2 nitrogen and oxygen atoms in total. The molecule has 0 saturated carbocycles. The molecule has 0 aromatic heterocycles. The Hall–Kier alpha value is -0.0500. The fourth-order valence-corrected chi connectivity index (χ4v) is 1.21. The maximum absolute atomic E-state index is 5.55. The van der Waals surface area contributed by atoms with E-state index in [1.807, 2.05) is 0 Å². The van der Waals surface area contributed by atoms with Crippen molar-refractivity contribution < 1.29 is 0 Å². The molecule has 2 N–H and O–H groups in total. The molecule has 1 heterocycles. The van der Waals surface area contributed by atoms with Gasteiger partial charge in [-0.3, -0.25) is 0 Å². The van der Waals surface area contributed by atoms with Gasteiger partial charge >= 0.3 is 0 Å². The van der Waals surface area contributed by atoms with Gasteiger partial charge in [-0.25, -0.2) is 4.99 Å². The van der Waals surface area contributed by atoms with E-state index < -0.39 is 0 Å². The highest BCUT2D eigenvalue weighted by molar-refractivity contribution is 6.66. The third-order valence-electron chi connectivity index (χ3n) is 0.984. The highest BCUT2D eigenvalue weighted by Crippen LogP contribution is 2.14. The average Bonchev–Trinajstić information content (AvgIpc) is 1.59. The topological polar surface area (TPSA) is 38.4 Å². The predicted octanol–water partition coefficient (Wildman–Crippen LogP) is 1.43. The lowest BCUT2D eigenvalue weighted by molar-refractivity contribution is 0.848. The van der Waals surface area contributed by atoms with Crippen LogP contribution >= 0.6 is 23.2 Å². The van der Waals surface area contributed by atoms with Crippen LogP contribution in [0.5, 0.6) is 0 Å². The Labute approximate surface area is 63.3 Å². The number of hydrogen-bond acceptors (Lipinski definition) is 2. The molecule has 50 valence electrons. The van der Waals surface area contributed by atoms with Crippen molar-refractivity contribution in [2.24, 2.45) is 10.7 Å². The zero-order valence-electron chi connectivity index (χ0n) is 4.64. The second-order valence-corrected chi connectivity index (χ2v) is 2.67. The van der Waals surface area contributed by atoms with E-state index in [2.05, 4.69) is 4.99 Å². The van der Waals surface area contributed by atoms with Crippen molar-refractivity contribution in [1.29, 1.82) is 0 Å². The Morgan fingerprint density at radius 1 is 1.67 bits per heavy atom. The molecule has 0 aliphatic carbocycles. The van der Waals surface area contributed by atoms with E-state index in [-0.39, 0.29) is 6.04 Å². The van der Waals surface area contributed by atoms with Crippen molar-refractivity contribution in [2.75, 3.05) is 0 Å². The van der Waals surface area contributed by atoms with Gasteiger partial charge in [0.2, 0.25) is 0 Å². The summed E-state index contributed by atoms with van der Waals surface area (Å²) < 4.78 is 0. The first-order chi connectivity index (χ1) is 4.18. The smallest absolute Gasteiger partial charge is 0.128 e. The lowest BCUT2D eigenvalue weighted by Gasteiger charge is -2.09. The lowest BCUT2D eigenvalue weighted by Crippen LogP contribution is -2.21. The zero-order chi connectivity index (χ0) is 6.85. The van der Waals surface area contributed by atoms with Crippen LogP contribution in [-0.4, -0.2) is 11.2 Å². The summed E-state index contributed by atoms with van der Waals surface area (Å²) in [5.74, 6) is 0. The molecular weight excluding hydrogens is 159 g/mol. The van der Waals surface area contributed by atoms with Crippen molar-refractivity contribution in [3.8, 4) is 0 Å². The van der Waals surface area contributed by atoms with Gasteiger partial charge in [-0.1, -0.05) is 23.2 Å². The van der Waals surface area contributed by atoms with Crippen molar-refractivity contribution >= 4 is 28.4 Å². The summed E-state index contributed by atoms with van der Waals surface area (Å²) >= 11 is 11.1. The normalized spacial score (nSPS) is 27.2. The third-order valence-corrected chi connectivity index (χ3v) is 1.43. The van der Waals surface area contributed by atoms with E-state index in [1.54, 1.807) is 6.08 Å². The summed E-state index contributed by atoms with van der Waals surface area (Å²) in [5, 5.41) is 0.869. The summed E-state index contributed by atoms with van der Waals surface area (Å²) in [4.78, 5) is 3.76. The molecule has 0 aromatic carbocycles. The minimum absolute atomic E-state index is 0.0671. The lowest BCUT2D eigenvalue weighted by atomic mass is 10.2. The monoisotopic (exact) mass is 164 g/mol. The Bertz CT molecular complexity index is 174. The minimum atomic E-state index is -0.0671. The van der Waals surface area contributed by atoms with Crippen LogP contribution in [0.15, 0.2) is 16.2 Å². The number of rotatable bonds is 0. The molecule has 1 unspecified atom stereocenters. The number of halogens is 2. The molecule has 4 heteroatoms. The molecule has 0 radical (unpaired) electrons. The number of nitrogens with zero attached hydrogens (tertiary/aromatic N) is 1. The summed E-state index contributed by atoms with van der Waals surface area (Å²) in [6.45, 7) is 0. The Balaban J connectivity index is 2.74. The molecule has 0 fully saturated rings. The van der Waals surface area contributed by atoms with E-state index in [4.69, 9.17) is 28.9 Å². The zero-order valence-corrected chi connectivity index (χ0v) is 6.15. The van der Waals surface area contributed by atoms with E-state index >= 15 is 0 Å². The Morgan fingerprint density at radius 3 is 2.78 bits per heavy atom. The van der Waals surface area contributed by atoms with Gasteiger partial charge in [-0.15, -0.1) is 0 Å². The highest BCUT2D eigenvalue weighted by atomic mass is 35.5. The SMILES string of the molecule is NC1C=C(Cl)N=C(Cl)C1. The molecule has 0 saturated heterocycles. The maximum atomic E-state index is 5.55. The summed E-state index contributed by atoms with van der Waals surface area (Å²) in [6.07, 6.45) is 2.27. The van der Waals surface area contributed by atoms with E-state index in [1.165, 1.54) is 0 Å².